The molecule has 0 aliphatic heterocycles. The van der Waals surface area contributed by atoms with Gasteiger partial charge in [-0.2, -0.15) is 0 Å². The van der Waals surface area contributed by atoms with Gasteiger partial charge in [0.05, 0.1) is 27.3 Å². The van der Waals surface area contributed by atoms with Crippen LogP contribution >= 0.6 is 11.3 Å². The average molecular weight is 619 g/mol. The lowest BCUT2D eigenvalue weighted by Gasteiger charge is -2.16. The molecule has 0 radical (unpaired) electrons. The van der Waals surface area contributed by atoms with Crippen molar-refractivity contribution >= 4 is 61.0 Å². The summed E-state index contributed by atoms with van der Waals surface area (Å²) in [5, 5.41) is 3.35. The molecule has 0 saturated carbocycles. The number of nitrogen functional groups attached to an aromatic ring is 1. The maximum atomic E-state index is 14.1. The van der Waals surface area contributed by atoms with Gasteiger partial charge >= 0.3 is 5.69 Å². The molecule has 0 fully saturated rings. The fraction of sp³-hybridized carbons (Fsp3) is 0.121. The van der Waals surface area contributed by atoms with Crippen LogP contribution in [0.4, 0.5) is 16.5 Å². The number of pyridine rings is 1. The third kappa shape index (κ3) is 5.84. The number of aromatic nitrogens is 4. The van der Waals surface area contributed by atoms with Crippen molar-refractivity contribution in [1.29, 1.82) is 0 Å². The predicted octanol–water partition coefficient (Wildman–Crippen LogP) is 4.70. The third-order valence-electron chi connectivity index (χ3n) is 7.19. The van der Waals surface area contributed by atoms with E-state index in [1.54, 1.807) is 73.9 Å². The minimum Gasteiger partial charge on any atom is -0.397 e. The Kier molecular flexibility index (Phi) is 7.98. The molecule has 0 atom stereocenters. The number of likely N-dealkylation sites (N-methyl/N-ethyl adjacent to an activating group) is 2. The first-order chi connectivity index (χ1) is 21.7. The van der Waals surface area contributed by atoms with Crippen molar-refractivity contribution in [3.63, 3.8) is 0 Å². The van der Waals surface area contributed by atoms with Gasteiger partial charge in [0, 0.05) is 37.1 Å². The molecule has 3 N–H and O–H groups in total. The zero-order chi connectivity index (χ0) is 31.7. The van der Waals surface area contributed by atoms with Crippen molar-refractivity contribution < 1.29 is 9.59 Å². The molecule has 6 rings (SSSR count). The van der Waals surface area contributed by atoms with Crippen LogP contribution in [-0.2, 0) is 4.79 Å². The number of carbonyl (C=O) groups excluding carboxylic acids is 2. The van der Waals surface area contributed by atoms with E-state index >= 15 is 0 Å². The molecule has 0 bridgehead atoms. The number of thiazole rings is 1. The van der Waals surface area contributed by atoms with Gasteiger partial charge in [-0.1, -0.05) is 35.6 Å². The van der Waals surface area contributed by atoms with Crippen molar-refractivity contribution in [2.24, 2.45) is 0 Å². The normalized spacial score (nSPS) is 11.6. The summed E-state index contributed by atoms with van der Waals surface area (Å²) in [6.45, 7) is 0.635. The number of rotatable bonds is 8. The van der Waals surface area contributed by atoms with Crippen LogP contribution in [0.25, 0.3) is 32.8 Å². The Labute approximate surface area is 262 Å². The minimum absolute atomic E-state index is 0.196. The summed E-state index contributed by atoms with van der Waals surface area (Å²) >= 11 is 1.40. The van der Waals surface area contributed by atoms with Gasteiger partial charge in [-0.3, -0.25) is 19.5 Å². The highest BCUT2D eigenvalue weighted by Crippen LogP contribution is 2.28. The number of fused-ring (bicyclic) bond motifs is 2. The first-order valence-electron chi connectivity index (χ1n) is 14.1. The van der Waals surface area contributed by atoms with E-state index < -0.39 is 5.69 Å². The number of carbonyl (C=O) groups is 2. The first kappa shape index (κ1) is 29.5. The van der Waals surface area contributed by atoms with Gasteiger partial charge in [-0.05, 0) is 74.8 Å². The van der Waals surface area contributed by atoms with Crippen molar-refractivity contribution in [1.82, 2.24) is 24.0 Å². The number of imidazole rings is 1. The summed E-state index contributed by atoms with van der Waals surface area (Å²) in [5.41, 5.74) is 9.98. The molecular formula is C33H30N8O3S. The number of hydrogen-bond donors (Lipinski definition) is 2. The third-order valence-corrected chi connectivity index (χ3v) is 8.14. The lowest BCUT2D eigenvalue weighted by Crippen LogP contribution is -2.25. The summed E-state index contributed by atoms with van der Waals surface area (Å²) in [7, 11) is 5.53. The molecule has 3 heterocycles. The number of para-hydroxylation sites is 1. The molecule has 11 nitrogen and oxygen atoms in total. The van der Waals surface area contributed by atoms with Crippen LogP contribution < -0.4 is 21.6 Å². The minimum atomic E-state index is -0.404. The van der Waals surface area contributed by atoms with Crippen LogP contribution in [0.3, 0.4) is 0 Å². The van der Waals surface area contributed by atoms with Gasteiger partial charge in [-0.25, -0.2) is 19.3 Å². The van der Waals surface area contributed by atoms with Crippen molar-refractivity contribution in [2.45, 2.75) is 0 Å². The Morgan fingerprint density at radius 1 is 0.956 bits per heavy atom. The van der Waals surface area contributed by atoms with Crippen molar-refractivity contribution in [2.75, 3.05) is 43.6 Å². The Morgan fingerprint density at radius 2 is 1.73 bits per heavy atom. The second-order valence-corrected chi connectivity index (χ2v) is 11.6. The topological polar surface area (TPSA) is 131 Å². The summed E-state index contributed by atoms with van der Waals surface area (Å²) in [5.74, 6) is -0.512. The highest BCUT2D eigenvalue weighted by atomic mass is 32.1. The van der Waals surface area contributed by atoms with Crippen LogP contribution in [0.5, 0.6) is 0 Å². The number of benzene rings is 3. The molecule has 0 spiro atoms. The Hall–Kier alpha value is -5.59. The van der Waals surface area contributed by atoms with Gasteiger partial charge in [0.25, 0.3) is 5.91 Å². The molecule has 0 unspecified atom stereocenters. The van der Waals surface area contributed by atoms with Gasteiger partial charge in [0.15, 0.2) is 10.8 Å². The lowest BCUT2D eigenvalue weighted by atomic mass is 10.2. The van der Waals surface area contributed by atoms with Crippen LogP contribution in [0.2, 0.25) is 0 Å². The van der Waals surface area contributed by atoms with E-state index in [0.29, 0.717) is 51.2 Å². The molecule has 6 aromatic rings. The van der Waals surface area contributed by atoms with Gasteiger partial charge in [-0.15, -0.1) is 0 Å². The predicted molar refractivity (Wildman–Crippen MR) is 180 cm³/mol. The Balaban J connectivity index is 1.33. The van der Waals surface area contributed by atoms with E-state index in [1.165, 1.54) is 31.4 Å². The van der Waals surface area contributed by atoms with Crippen molar-refractivity contribution in [3.8, 4) is 11.4 Å². The Morgan fingerprint density at radius 3 is 2.49 bits per heavy atom. The quantitative estimate of drug-likeness (QED) is 0.237. The van der Waals surface area contributed by atoms with E-state index in [-0.39, 0.29) is 11.8 Å². The number of nitrogens with one attached hydrogen (secondary N) is 1. The maximum Gasteiger partial charge on any atom is 0.339 e. The second kappa shape index (κ2) is 12.2. The summed E-state index contributed by atoms with van der Waals surface area (Å²) in [4.78, 5) is 52.3. The smallest absolute Gasteiger partial charge is 0.339 e. The first-order valence-corrected chi connectivity index (χ1v) is 14.9. The monoisotopic (exact) mass is 618 g/mol. The fourth-order valence-corrected chi connectivity index (χ4v) is 5.77. The van der Waals surface area contributed by atoms with E-state index in [2.05, 4.69) is 15.3 Å². The molecule has 45 heavy (non-hydrogen) atoms. The average Bonchev–Trinajstić information content (AvgIpc) is 3.58. The summed E-state index contributed by atoms with van der Waals surface area (Å²) < 4.78 is 3.91. The van der Waals surface area contributed by atoms with E-state index in [9.17, 15) is 14.4 Å². The highest BCUT2D eigenvalue weighted by molar-refractivity contribution is 7.22. The standard InChI is InChI=1S/C33H30N8O3S/c1-38(2)19-7-12-28(42)39(3)23-8-6-9-24(20-23)41-30-29(25(34)17-18-35-30)40(33(41)44)22-15-13-21(14-16-22)31(43)37-32-36-26-10-4-5-11-27(26)45-32/h4-18,20H,19H2,1-3H3,(H2,34,35)(H,36,37,43)/b12-7+. The highest BCUT2D eigenvalue weighted by Gasteiger charge is 2.21. The van der Waals surface area contributed by atoms with Crippen LogP contribution in [0.1, 0.15) is 10.4 Å². The SMILES string of the molecule is CN(C)C/C=C/C(=O)N(C)c1cccc(-n2c(=O)n(-c3ccc(C(=O)Nc4nc5ccccc5s4)cc3)c3c(N)ccnc32)c1. The van der Waals surface area contributed by atoms with Crippen molar-refractivity contribution in [3.05, 3.63) is 113 Å². The molecular weight excluding hydrogens is 588 g/mol. The zero-order valence-corrected chi connectivity index (χ0v) is 25.7. The molecule has 2 amide bonds. The van der Waals surface area contributed by atoms with E-state index in [0.717, 1.165) is 10.2 Å². The van der Waals surface area contributed by atoms with Crippen LogP contribution in [0.15, 0.2) is 102 Å². The molecule has 0 saturated heterocycles. The largest absolute Gasteiger partial charge is 0.397 e. The van der Waals surface area contributed by atoms with Gasteiger partial charge in [0.2, 0.25) is 5.91 Å². The summed E-state index contributed by atoms with van der Waals surface area (Å²) in [6.07, 6.45) is 4.86. The maximum absolute atomic E-state index is 14.1. The number of hydrogen-bond acceptors (Lipinski definition) is 8. The molecule has 0 aliphatic carbocycles. The molecule has 0 aliphatic rings. The van der Waals surface area contributed by atoms with Gasteiger partial charge < -0.3 is 15.5 Å². The molecule has 12 heteroatoms. The number of nitrogens with zero attached hydrogens (tertiary/aromatic N) is 6. The fourth-order valence-electron chi connectivity index (χ4n) is 4.91. The zero-order valence-electron chi connectivity index (χ0n) is 24.8. The second-order valence-electron chi connectivity index (χ2n) is 10.6. The van der Waals surface area contributed by atoms with Crippen LogP contribution in [0, 0.1) is 0 Å². The van der Waals surface area contributed by atoms with E-state index in [1.807, 2.05) is 43.3 Å². The number of amides is 2. The molecule has 226 valence electrons. The number of nitrogens with two attached hydrogens (primary N) is 1. The van der Waals surface area contributed by atoms with E-state index in [4.69, 9.17) is 5.73 Å². The number of anilines is 3. The molecule has 3 aromatic carbocycles. The van der Waals surface area contributed by atoms with Gasteiger partial charge in [0.1, 0.15) is 5.52 Å². The van der Waals surface area contributed by atoms with Crippen LogP contribution in [-0.4, -0.2) is 63.5 Å². The molecule has 3 aromatic heterocycles. The summed E-state index contributed by atoms with van der Waals surface area (Å²) in [6, 6.07) is 23.1. The lowest BCUT2D eigenvalue weighted by molar-refractivity contribution is -0.113. The Bertz CT molecular complexity index is 2110.